The van der Waals surface area contributed by atoms with Crippen molar-refractivity contribution in [3.05, 3.63) is 47.2 Å². The van der Waals surface area contributed by atoms with Crippen molar-refractivity contribution >= 4 is 17.7 Å². The molecule has 6 nitrogen and oxygen atoms in total. The van der Waals surface area contributed by atoms with Gasteiger partial charge in [0.05, 0.1) is 0 Å². The smallest absolute Gasteiger partial charge is 0.253 e. The molecule has 0 unspecified atom stereocenters. The summed E-state index contributed by atoms with van der Waals surface area (Å²) in [6, 6.07) is 10.0. The highest BCUT2D eigenvalue weighted by Gasteiger charge is 2.24. The van der Waals surface area contributed by atoms with E-state index in [0.717, 1.165) is 68.7 Å². The van der Waals surface area contributed by atoms with Crippen LogP contribution in [0.15, 0.2) is 30.3 Å². The van der Waals surface area contributed by atoms with Gasteiger partial charge in [-0.15, -0.1) is 0 Å². The Morgan fingerprint density at radius 1 is 0.929 bits per heavy atom. The zero-order chi connectivity index (χ0) is 19.5. The second-order valence-corrected chi connectivity index (χ2v) is 7.69. The minimum Gasteiger partial charge on any atom is -0.353 e. The third-order valence-electron chi connectivity index (χ3n) is 5.72. The van der Waals surface area contributed by atoms with Crippen LogP contribution in [0.1, 0.15) is 41.4 Å². The average molecular weight is 380 g/mol. The van der Waals surface area contributed by atoms with E-state index in [0.29, 0.717) is 0 Å². The number of piperazine rings is 1. The highest BCUT2D eigenvalue weighted by molar-refractivity contribution is 5.94. The molecule has 1 amide bonds. The van der Waals surface area contributed by atoms with E-state index in [4.69, 9.17) is 4.98 Å². The second-order valence-electron chi connectivity index (χ2n) is 7.69. The van der Waals surface area contributed by atoms with E-state index in [2.05, 4.69) is 27.8 Å². The summed E-state index contributed by atoms with van der Waals surface area (Å²) in [5.74, 6) is 1.95. The van der Waals surface area contributed by atoms with E-state index in [9.17, 15) is 4.79 Å². The molecule has 0 aliphatic carbocycles. The predicted octanol–water partition coefficient (Wildman–Crippen LogP) is 2.91. The molecule has 2 fully saturated rings. The van der Waals surface area contributed by atoms with Gasteiger partial charge in [-0.05, 0) is 43.9 Å². The molecule has 6 heteroatoms. The van der Waals surface area contributed by atoms with Crippen LogP contribution in [0, 0.1) is 6.92 Å². The Hall–Kier alpha value is -2.63. The molecule has 28 heavy (non-hydrogen) atoms. The van der Waals surface area contributed by atoms with E-state index in [-0.39, 0.29) is 5.91 Å². The zero-order valence-electron chi connectivity index (χ0n) is 16.9. The van der Waals surface area contributed by atoms with Crippen LogP contribution in [0.2, 0.25) is 0 Å². The molecule has 2 saturated heterocycles. The van der Waals surface area contributed by atoms with Crippen molar-refractivity contribution in [3.8, 4) is 0 Å². The number of rotatable bonds is 4. The van der Waals surface area contributed by atoms with Gasteiger partial charge in [-0.3, -0.25) is 4.79 Å². The van der Waals surface area contributed by atoms with Gasteiger partial charge in [0.25, 0.3) is 5.91 Å². The maximum atomic E-state index is 12.8. The molecule has 1 aromatic heterocycles. The molecule has 0 N–H and O–H groups in total. The molecule has 148 valence electrons. The van der Waals surface area contributed by atoms with Crippen molar-refractivity contribution < 1.29 is 4.79 Å². The van der Waals surface area contributed by atoms with Crippen LogP contribution >= 0.6 is 0 Å². The highest BCUT2D eigenvalue weighted by atomic mass is 16.2. The molecule has 0 spiro atoms. The molecule has 2 aromatic rings. The molecular formula is C22H29N5O. The summed E-state index contributed by atoms with van der Waals surface area (Å²) >= 11 is 0. The number of benzene rings is 1. The molecule has 0 saturated carbocycles. The lowest BCUT2D eigenvalue weighted by Gasteiger charge is -2.35. The van der Waals surface area contributed by atoms with Crippen LogP contribution in [0.4, 0.5) is 11.8 Å². The topological polar surface area (TPSA) is 52.6 Å². The largest absolute Gasteiger partial charge is 0.353 e. The second kappa shape index (κ2) is 8.17. The first-order chi connectivity index (χ1) is 13.6. The van der Waals surface area contributed by atoms with Gasteiger partial charge in [-0.2, -0.15) is 4.98 Å². The van der Waals surface area contributed by atoms with E-state index >= 15 is 0 Å². The van der Waals surface area contributed by atoms with Crippen molar-refractivity contribution in [3.63, 3.8) is 0 Å². The molecule has 4 rings (SSSR count). The average Bonchev–Trinajstić information content (AvgIpc) is 3.28. The molecule has 1 aromatic carbocycles. The lowest BCUT2D eigenvalue weighted by atomic mass is 10.1. The lowest BCUT2D eigenvalue weighted by molar-refractivity contribution is 0.0746. The number of anilines is 2. The maximum absolute atomic E-state index is 12.8. The van der Waals surface area contributed by atoms with Crippen LogP contribution in [0.5, 0.6) is 0 Å². The Bertz CT molecular complexity index is 821. The Morgan fingerprint density at radius 2 is 1.61 bits per heavy atom. The Kier molecular flexibility index (Phi) is 5.46. The minimum absolute atomic E-state index is 0.124. The van der Waals surface area contributed by atoms with Crippen molar-refractivity contribution in [2.45, 2.75) is 33.1 Å². The molecule has 3 heterocycles. The standard InChI is InChI=1S/C22H29N5O/c1-3-18-6-8-19(9-7-18)21(28)26-14-12-25(13-15-26)20-16-17(2)23-22(24-20)27-10-4-5-11-27/h6-9,16H,3-5,10-15H2,1-2H3. The fourth-order valence-electron chi connectivity index (χ4n) is 3.96. The van der Waals surface area contributed by atoms with E-state index in [1.807, 2.05) is 36.1 Å². The number of nitrogens with zero attached hydrogens (tertiary/aromatic N) is 5. The van der Waals surface area contributed by atoms with Gasteiger partial charge < -0.3 is 14.7 Å². The molecule has 2 aliphatic heterocycles. The van der Waals surface area contributed by atoms with Crippen molar-refractivity contribution in [1.29, 1.82) is 0 Å². The molecule has 0 radical (unpaired) electrons. The van der Waals surface area contributed by atoms with Crippen LogP contribution in [0.3, 0.4) is 0 Å². The molecular weight excluding hydrogens is 350 g/mol. The van der Waals surface area contributed by atoms with Gasteiger partial charge in [0.1, 0.15) is 5.82 Å². The Labute approximate surface area is 167 Å². The lowest BCUT2D eigenvalue weighted by Crippen LogP contribution is -2.49. The number of amides is 1. The van der Waals surface area contributed by atoms with Crippen LogP contribution in [-0.4, -0.2) is 60.0 Å². The summed E-state index contributed by atoms with van der Waals surface area (Å²) in [5, 5.41) is 0. The van der Waals surface area contributed by atoms with E-state index in [1.54, 1.807) is 0 Å². The van der Waals surface area contributed by atoms with Crippen molar-refractivity contribution in [1.82, 2.24) is 14.9 Å². The summed E-state index contributed by atoms with van der Waals surface area (Å²) in [6.07, 6.45) is 3.42. The Morgan fingerprint density at radius 3 is 2.25 bits per heavy atom. The predicted molar refractivity (Wildman–Crippen MR) is 112 cm³/mol. The Balaban J connectivity index is 1.41. The first kappa shape index (κ1) is 18.7. The van der Waals surface area contributed by atoms with Gasteiger partial charge in [0.15, 0.2) is 0 Å². The summed E-state index contributed by atoms with van der Waals surface area (Å²) in [4.78, 5) is 28.8. The third kappa shape index (κ3) is 3.96. The van der Waals surface area contributed by atoms with Gasteiger partial charge in [0, 0.05) is 56.6 Å². The van der Waals surface area contributed by atoms with Gasteiger partial charge in [-0.1, -0.05) is 19.1 Å². The number of carbonyl (C=O) groups is 1. The van der Waals surface area contributed by atoms with Crippen molar-refractivity contribution in [2.75, 3.05) is 49.1 Å². The summed E-state index contributed by atoms with van der Waals surface area (Å²) in [7, 11) is 0. The van der Waals surface area contributed by atoms with E-state index < -0.39 is 0 Å². The molecule has 0 atom stereocenters. The first-order valence-corrected chi connectivity index (χ1v) is 10.4. The van der Waals surface area contributed by atoms with Crippen molar-refractivity contribution in [2.24, 2.45) is 0 Å². The minimum atomic E-state index is 0.124. The number of aromatic nitrogens is 2. The maximum Gasteiger partial charge on any atom is 0.253 e. The van der Waals surface area contributed by atoms with Crippen LogP contribution < -0.4 is 9.80 Å². The zero-order valence-corrected chi connectivity index (χ0v) is 16.9. The highest BCUT2D eigenvalue weighted by Crippen LogP contribution is 2.22. The summed E-state index contributed by atoms with van der Waals surface area (Å²) in [6.45, 7) is 9.28. The number of hydrogen-bond acceptors (Lipinski definition) is 5. The van der Waals surface area contributed by atoms with Crippen LogP contribution in [0.25, 0.3) is 0 Å². The monoisotopic (exact) mass is 379 g/mol. The normalized spacial score (nSPS) is 17.3. The first-order valence-electron chi connectivity index (χ1n) is 10.4. The van der Waals surface area contributed by atoms with Gasteiger partial charge in [-0.25, -0.2) is 4.98 Å². The summed E-state index contributed by atoms with van der Waals surface area (Å²) < 4.78 is 0. The van der Waals surface area contributed by atoms with Gasteiger partial charge in [0.2, 0.25) is 5.95 Å². The molecule has 0 bridgehead atoms. The third-order valence-corrected chi connectivity index (χ3v) is 5.72. The van der Waals surface area contributed by atoms with E-state index in [1.165, 1.54) is 18.4 Å². The quantitative estimate of drug-likeness (QED) is 0.818. The fourth-order valence-corrected chi connectivity index (χ4v) is 3.96. The fraction of sp³-hybridized carbons (Fsp3) is 0.500. The van der Waals surface area contributed by atoms with Gasteiger partial charge >= 0.3 is 0 Å². The molecule has 2 aliphatic rings. The number of hydrogen-bond donors (Lipinski definition) is 0. The van der Waals surface area contributed by atoms with Crippen LogP contribution in [-0.2, 0) is 6.42 Å². The summed E-state index contributed by atoms with van der Waals surface area (Å²) in [5.41, 5.74) is 3.04. The number of aryl methyl sites for hydroxylation is 2. The number of carbonyl (C=O) groups excluding carboxylic acids is 1. The SMILES string of the molecule is CCc1ccc(C(=O)N2CCN(c3cc(C)nc(N4CCCC4)n3)CC2)cc1.